The van der Waals surface area contributed by atoms with Crippen molar-refractivity contribution >= 4 is 19.6 Å². The molecule has 0 saturated heterocycles. The first-order valence-electron chi connectivity index (χ1n) is 11.4. The molecule has 0 aromatic rings. The number of hydrogen-bond donors (Lipinski definition) is 4. The van der Waals surface area contributed by atoms with Gasteiger partial charge in [0.05, 0.1) is 23.3 Å². The molecule has 8 nitrogen and oxygen atoms in total. The number of aliphatic carboxylic acids is 1. The Balaban J connectivity index is 4.94. The lowest BCUT2D eigenvalue weighted by molar-refractivity contribution is -0.137. The number of carboxylic acids is 1. The highest BCUT2D eigenvalue weighted by atomic mass is 16.5. The maximum absolute atomic E-state index is 13.3. The molecule has 0 aliphatic heterocycles. The highest BCUT2D eigenvalue weighted by Crippen LogP contribution is 2.19. The SMILES string of the molecule is BC(C)(CCNC(C)(CC)C(=O)C(CCC(=O)O)NC(N)CC)OCCC(C)(C)OC. The number of nitrogens with one attached hydrogen (secondary N) is 2. The van der Waals surface area contributed by atoms with Gasteiger partial charge in [-0.25, -0.2) is 0 Å². The molecule has 0 aliphatic rings. The van der Waals surface area contributed by atoms with Crippen LogP contribution in [0.15, 0.2) is 0 Å². The van der Waals surface area contributed by atoms with E-state index in [4.69, 9.17) is 20.3 Å². The van der Waals surface area contributed by atoms with Gasteiger partial charge in [-0.2, -0.15) is 0 Å². The minimum absolute atomic E-state index is 0.0549. The molecule has 182 valence electrons. The molecule has 0 amide bonds. The van der Waals surface area contributed by atoms with Crippen LogP contribution in [0.2, 0.25) is 0 Å². The van der Waals surface area contributed by atoms with Crippen molar-refractivity contribution in [2.75, 3.05) is 20.3 Å². The highest BCUT2D eigenvalue weighted by molar-refractivity contribution is 6.14. The number of hydrogen-bond acceptors (Lipinski definition) is 7. The third-order valence-corrected chi connectivity index (χ3v) is 6.06. The van der Waals surface area contributed by atoms with E-state index in [2.05, 4.69) is 10.6 Å². The van der Waals surface area contributed by atoms with Crippen LogP contribution >= 0.6 is 0 Å². The number of carboxylic acid groups (broad SMARTS) is 1. The summed E-state index contributed by atoms with van der Waals surface area (Å²) in [6.45, 7) is 13.0. The van der Waals surface area contributed by atoms with Crippen molar-refractivity contribution in [1.82, 2.24) is 10.6 Å². The van der Waals surface area contributed by atoms with E-state index >= 15 is 0 Å². The molecular weight excluding hydrogens is 397 g/mol. The van der Waals surface area contributed by atoms with Crippen LogP contribution in [0.3, 0.4) is 0 Å². The molecule has 0 aromatic carbocycles. The number of methoxy groups -OCH3 is 1. The van der Waals surface area contributed by atoms with Crippen molar-refractivity contribution in [2.24, 2.45) is 5.73 Å². The van der Waals surface area contributed by atoms with Gasteiger partial charge in [0.25, 0.3) is 0 Å². The molecule has 0 bridgehead atoms. The molecule has 0 spiro atoms. The number of Topliss-reactive ketones (excluding diaryl/α,β-unsaturated/α-hetero) is 1. The van der Waals surface area contributed by atoms with Crippen LogP contribution in [0.1, 0.15) is 80.1 Å². The maximum Gasteiger partial charge on any atom is 0.303 e. The molecule has 0 rings (SSSR count). The number of carbonyl (C=O) groups is 2. The summed E-state index contributed by atoms with van der Waals surface area (Å²) in [6.07, 6.45) is 2.53. The second kappa shape index (κ2) is 13.5. The van der Waals surface area contributed by atoms with Crippen molar-refractivity contribution in [1.29, 1.82) is 0 Å². The number of ether oxygens (including phenoxy) is 2. The van der Waals surface area contributed by atoms with E-state index in [-0.39, 0.29) is 35.9 Å². The van der Waals surface area contributed by atoms with Crippen LogP contribution in [0.5, 0.6) is 0 Å². The molecule has 4 unspecified atom stereocenters. The zero-order valence-electron chi connectivity index (χ0n) is 21.0. The zero-order chi connectivity index (χ0) is 24.3. The largest absolute Gasteiger partial charge is 0.481 e. The van der Waals surface area contributed by atoms with E-state index in [0.29, 0.717) is 26.0 Å². The number of nitrogens with two attached hydrogens (primary N) is 1. The van der Waals surface area contributed by atoms with Gasteiger partial charge in [-0.15, -0.1) is 0 Å². The summed E-state index contributed by atoms with van der Waals surface area (Å²) in [4.78, 5) is 24.4. The highest BCUT2D eigenvalue weighted by Gasteiger charge is 2.37. The van der Waals surface area contributed by atoms with Crippen molar-refractivity contribution in [3.05, 3.63) is 0 Å². The molecule has 0 aliphatic carbocycles. The van der Waals surface area contributed by atoms with E-state index in [0.717, 1.165) is 12.8 Å². The van der Waals surface area contributed by atoms with Gasteiger partial charge in [-0.05, 0) is 66.3 Å². The van der Waals surface area contributed by atoms with Gasteiger partial charge in [0.15, 0.2) is 5.78 Å². The van der Waals surface area contributed by atoms with Crippen LogP contribution in [0.25, 0.3) is 0 Å². The average molecular weight is 443 g/mol. The fourth-order valence-electron chi connectivity index (χ4n) is 3.09. The first-order chi connectivity index (χ1) is 14.2. The Bertz CT molecular complexity index is 559. The van der Waals surface area contributed by atoms with Gasteiger partial charge in [0, 0.05) is 25.6 Å². The van der Waals surface area contributed by atoms with Gasteiger partial charge in [0.1, 0.15) is 7.85 Å². The Hall–Kier alpha value is -0.995. The number of rotatable bonds is 18. The maximum atomic E-state index is 13.3. The molecule has 0 radical (unpaired) electrons. The van der Waals surface area contributed by atoms with E-state index in [9.17, 15) is 9.59 Å². The number of carbonyl (C=O) groups excluding carboxylic acids is 1. The molecule has 4 atom stereocenters. The Kier molecular flexibility index (Phi) is 13.1. The molecule has 31 heavy (non-hydrogen) atoms. The normalized spacial score (nSPS) is 18.1. The van der Waals surface area contributed by atoms with Crippen molar-refractivity contribution in [3.63, 3.8) is 0 Å². The second-order valence-corrected chi connectivity index (χ2v) is 9.72. The van der Waals surface area contributed by atoms with Crippen molar-refractivity contribution in [2.45, 2.75) is 109 Å². The summed E-state index contributed by atoms with van der Waals surface area (Å²) in [6, 6.07) is -0.607. The molecule has 0 fully saturated rings. The van der Waals surface area contributed by atoms with Gasteiger partial charge >= 0.3 is 5.97 Å². The van der Waals surface area contributed by atoms with Gasteiger partial charge in [0.2, 0.25) is 0 Å². The minimum Gasteiger partial charge on any atom is -0.481 e. The Morgan fingerprint density at radius 1 is 1.16 bits per heavy atom. The van der Waals surface area contributed by atoms with Crippen molar-refractivity contribution < 1.29 is 24.2 Å². The van der Waals surface area contributed by atoms with Gasteiger partial charge in [-0.3, -0.25) is 14.9 Å². The average Bonchev–Trinajstić information content (AvgIpc) is 2.69. The quantitative estimate of drug-likeness (QED) is 0.185. The van der Waals surface area contributed by atoms with E-state index in [1.807, 2.05) is 49.4 Å². The molecule has 0 aromatic heterocycles. The lowest BCUT2D eigenvalue weighted by Gasteiger charge is -2.35. The summed E-state index contributed by atoms with van der Waals surface area (Å²) in [7, 11) is 3.74. The monoisotopic (exact) mass is 443 g/mol. The Morgan fingerprint density at radius 3 is 2.26 bits per heavy atom. The first-order valence-corrected chi connectivity index (χ1v) is 11.4. The predicted octanol–water partition coefficient (Wildman–Crippen LogP) is 1.40. The van der Waals surface area contributed by atoms with E-state index in [1.165, 1.54) is 0 Å². The lowest BCUT2D eigenvalue weighted by atomic mass is 9.79. The summed E-state index contributed by atoms with van der Waals surface area (Å²) in [5, 5.41) is 15.6. The molecule has 0 heterocycles. The first kappa shape index (κ1) is 30.0. The van der Waals surface area contributed by atoms with E-state index in [1.54, 1.807) is 7.11 Å². The Morgan fingerprint density at radius 2 is 1.77 bits per heavy atom. The summed E-state index contributed by atoms with van der Waals surface area (Å²) in [5.74, 6) is -0.980. The minimum atomic E-state index is -0.925. The van der Waals surface area contributed by atoms with Gasteiger partial charge in [-0.1, -0.05) is 13.8 Å². The Labute approximate surface area is 189 Å². The zero-order valence-corrected chi connectivity index (χ0v) is 21.0. The van der Waals surface area contributed by atoms with Crippen LogP contribution in [-0.4, -0.2) is 73.8 Å². The lowest BCUT2D eigenvalue weighted by Crippen LogP contribution is -2.59. The molecule has 0 saturated carbocycles. The van der Waals surface area contributed by atoms with Crippen LogP contribution in [0, 0.1) is 0 Å². The summed E-state index contributed by atoms with van der Waals surface area (Å²) >= 11 is 0. The van der Waals surface area contributed by atoms with E-state index < -0.39 is 17.6 Å². The third-order valence-electron chi connectivity index (χ3n) is 6.06. The summed E-state index contributed by atoms with van der Waals surface area (Å²) < 4.78 is 11.5. The predicted molar refractivity (Wildman–Crippen MR) is 127 cm³/mol. The fraction of sp³-hybridized carbons (Fsp3) is 0.909. The van der Waals surface area contributed by atoms with Gasteiger partial charge < -0.3 is 25.6 Å². The smallest absolute Gasteiger partial charge is 0.303 e. The molecule has 5 N–H and O–H groups in total. The molecular formula is C22H46BN3O5. The molecule has 9 heteroatoms. The van der Waals surface area contributed by atoms with Crippen molar-refractivity contribution in [3.8, 4) is 0 Å². The fourth-order valence-corrected chi connectivity index (χ4v) is 3.09. The summed E-state index contributed by atoms with van der Waals surface area (Å²) in [5.41, 5.74) is 4.64. The third kappa shape index (κ3) is 12.0. The second-order valence-electron chi connectivity index (χ2n) is 9.72. The van der Waals surface area contributed by atoms with Crippen LogP contribution < -0.4 is 16.4 Å². The van der Waals surface area contributed by atoms with Crippen LogP contribution in [-0.2, 0) is 19.1 Å². The number of ketones is 1. The standard InChI is InChI=1S/C22H46BN3O5/c1-8-17(24)26-16(10-11-18(27)28)19(29)21(5,9-2)25-14-12-22(6,23)31-15-13-20(3,4)30-7/h16-17,25-26H,8-15,23-24H2,1-7H3,(H,27,28). The topological polar surface area (TPSA) is 123 Å². The van der Waals surface area contributed by atoms with Crippen LogP contribution in [0.4, 0.5) is 0 Å².